The third-order valence-electron chi connectivity index (χ3n) is 1.40. The van der Waals surface area contributed by atoms with Crippen LogP contribution in [-0.2, 0) is 0 Å². The molecule has 0 aliphatic heterocycles. The Morgan fingerprint density at radius 3 is 3.08 bits per heavy atom. The number of allylic oxidation sites excluding steroid dienone is 1. The maximum atomic E-state index is 5.68. The molecular weight excluding hydrogens is 222 g/mol. The molecule has 1 aromatic heterocycles. The Kier molecular flexibility index (Phi) is 4.56. The summed E-state index contributed by atoms with van der Waals surface area (Å²) in [5.41, 5.74) is 1.00. The first-order chi connectivity index (χ1) is 6.20. The van der Waals surface area contributed by atoms with Gasteiger partial charge in [0.05, 0.1) is 9.89 Å². The number of halogens is 1. The summed E-state index contributed by atoms with van der Waals surface area (Å²) in [4.78, 5) is 3.06. The minimum absolute atomic E-state index is 0.807. The molecule has 0 spiro atoms. The van der Waals surface area contributed by atoms with Crippen LogP contribution in [0.2, 0.25) is 0 Å². The average molecular weight is 232 g/mol. The lowest BCUT2D eigenvalue weighted by Crippen LogP contribution is -1.91. The average Bonchev–Trinajstić information content (AvgIpc) is 2.55. The maximum Gasteiger partial charge on any atom is 0.0944 e. The summed E-state index contributed by atoms with van der Waals surface area (Å²) in [6.45, 7) is 1.86. The van der Waals surface area contributed by atoms with E-state index in [1.54, 1.807) is 11.8 Å². The molecule has 1 nitrogen and oxygen atoms in total. The van der Waals surface area contributed by atoms with Crippen LogP contribution in [0.15, 0.2) is 29.4 Å². The van der Waals surface area contributed by atoms with Gasteiger partial charge in [-0.1, -0.05) is 29.9 Å². The lowest BCUT2D eigenvalue weighted by molar-refractivity contribution is 1.39. The predicted octanol–water partition coefficient (Wildman–Crippen LogP) is 3.57. The fraction of sp³-hybridized carbons (Fsp3) is 0.222. The van der Waals surface area contributed by atoms with E-state index in [4.69, 9.17) is 23.8 Å². The van der Waals surface area contributed by atoms with Gasteiger partial charge in [-0.15, -0.1) is 11.8 Å². The normalized spacial score (nSPS) is 11.7. The Morgan fingerprint density at radius 1 is 1.77 bits per heavy atom. The number of nitrogens with one attached hydrogen (secondary N) is 1. The second-order valence-electron chi connectivity index (χ2n) is 2.47. The number of aromatic nitrogens is 1. The highest BCUT2D eigenvalue weighted by atomic mass is 35.5. The molecule has 1 N–H and O–H groups in total. The number of rotatable bonds is 3. The molecule has 1 aromatic rings. The molecule has 0 saturated carbocycles. The number of thioether (sulfide) groups is 1. The summed E-state index contributed by atoms with van der Waals surface area (Å²) in [5, 5.41) is 0.807. The molecule has 1 rings (SSSR count). The Morgan fingerprint density at radius 2 is 2.54 bits per heavy atom. The van der Waals surface area contributed by atoms with Gasteiger partial charge < -0.3 is 4.98 Å². The van der Waals surface area contributed by atoms with Crippen LogP contribution in [0.5, 0.6) is 0 Å². The summed E-state index contributed by atoms with van der Waals surface area (Å²) in [6, 6.07) is 3.90. The summed E-state index contributed by atoms with van der Waals surface area (Å²) in [5.74, 6) is 0.827. The summed E-state index contributed by atoms with van der Waals surface area (Å²) < 4.78 is 0.874. The summed E-state index contributed by atoms with van der Waals surface area (Å²) >= 11 is 12.5. The van der Waals surface area contributed by atoms with Gasteiger partial charge in [0.1, 0.15) is 0 Å². The molecule has 0 unspecified atom stereocenters. The van der Waals surface area contributed by atoms with E-state index < -0.39 is 0 Å². The van der Waals surface area contributed by atoms with Crippen molar-refractivity contribution in [2.75, 3.05) is 5.75 Å². The quantitative estimate of drug-likeness (QED) is 0.801. The molecule has 4 heteroatoms. The van der Waals surface area contributed by atoms with E-state index in [0.717, 1.165) is 20.7 Å². The molecule has 1 heterocycles. The Hall–Kier alpha value is -0.250. The van der Waals surface area contributed by atoms with E-state index in [1.807, 2.05) is 31.3 Å². The third-order valence-corrected chi connectivity index (χ3v) is 2.94. The van der Waals surface area contributed by atoms with Gasteiger partial charge in [-0.05, 0) is 19.1 Å². The van der Waals surface area contributed by atoms with E-state index in [1.165, 1.54) is 0 Å². The fourth-order valence-electron chi connectivity index (χ4n) is 0.767. The highest BCUT2D eigenvalue weighted by molar-refractivity contribution is 8.23. The molecule has 0 bridgehead atoms. The van der Waals surface area contributed by atoms with E-state index in [9.17, 15) is 0 Å². The molecule has 0 amide bonds. The van der Waals surface area contributed by atoms with Gasteiger partial charge in [0, 0.05) is 17.0 Å². The molecule has 0 aliphatic carbocycles. The van der Waals surface area contributed by atoms with Gasteiger partial charge >= 0.3 is 0 Å². The zero-order chi connectivity index (χ0) is 9.68. The number of H-pyrrole nitrogens is 1. The Bertz CT molecular complexity index is 299. The van der Waals surface area contributed by atoms with Gasteiger partial charge in [0.15, 0.2) is 0 Å². The van der Waals surface area contributed by atoms with Gasteiger partial charge in [-0.25, -0.2) is 0 Å². The highest BCUT2D eigenvalue weighted by Gasteiger charge is 2.00. The molecule has 13 heavy (non-hydrogen) atoms. The lowest BCUT2D eigenvalue weighted by Gasteiger charge is -1.97. The van der Waals surface area contributed by atoms with Gasteiger partial charge in [0.25, 0.3) is 0 Å². The second-order valence-corrected chi connectivity index (χ2v) is 4.77. The van der Waals surface area contributed by atoms with E-state index in [-0.39, 0.29) is 0 Å². The zero-order valence-electron chi connectivity index (χ0n) is 7.21. The van der Waals surface area contributed by atoms with Crippen molar-refractivity contribution in [1.29, 1.82) is 0 Å². The lowest BCUT2D eigenvalue weighted by atomic mass is 10.5. The van der Waals surface area contributed by atoms with E-state index >= 15 is 0 Å². The van der Waals surface area contributed by atoms with Crippen molar-refractivity contribution in [1.82, 2.24) is 4.98 Å². The van der Waals surface area contributed by atoms with E-state index in [2.05, 4.69) is 4.98 Å². The smallest absolute Gasteiger partial charge is 0.0944 e. The number of hydrogen-bond acceptors (Lipinski definition) is 2. The predicted molar refractivity (Wildman–Crippen MR) is 64.6 cm³/mol. The standard InChI is InChI=1S/C9H10ClNS2/c1-7(10)4-6-13-9(12)8-3-2-5-11-8/h2-5,11H,6H2,1H3/b7-4-. The van der Waals surface area contributed by atoms with E-state index in [0.29, 0.717) is 0 Å². The fourth-order valence-corrected chi connectivity index (χ4v) is 2.03. The SMILES string of the molecule is C/C(Cl)=C/CSC(=S)c1ccc[nH]1. The number of hydrogen-bond donors (Lipinski definition) is 1. The molecule has 0 fully saturated rings. The van der Waals surface area contributed by atoms with Crippen LogP contribution >= 0.6 is 35.6 Å². The minimum Gasteiger partial charge on any atom is -0.360 e. The van der Waals surface area contributed by atoms with Crippen molar-refractivity contribution in [3.8, 4) is 0 Å². The maximum absolute atomic E-state index is 5.68. The van der Waals surface area contributed by atoms with Crippen LogP contribution in [-0.4, -0.2) is 14.9 Å². The van der Waals surface area contributed by atoms with Crippen molar-refractivity contribution in [2.45, 2.75) is 6.92 Å². The largest absolute Gasteiger partial charge is 0.360 e. The first-order valence-corrected chi connectivity index (χ1v) is 5.60. The second kappa shape index (κ2) is 5.47. The number of thiocarbonyl (C=S) groups is 1. The third kappa shape index (κ3) is 3.98. The highest BCUT2D eigenvalue weighted by Crippen LogP contribution is 2.13. The van der Waals surface area contributed by atoms with Crippen LogP contribution in [0.3, 0.4) is 0 Å². The van der Waals surface area contributed by atoms with Crippen LogP contribution in [0.25, 0.3) is 0 Å². The number of aromatic amines is 1. The Labute approximate surface area is 92.6 Å². The van der Waals surface area contributed by atoms with Gasteiger partial charge in [0.2, 0.25) is 0 Å². The molecule has 0 saturated heterocycles. The Balaban J connectivity index is 2.39. The van der Waals surface area contributed by atoms with Crippen molar-refractivity contribution in [3.05, 3.63) is 35.1 Å². The van der Waals surface area contributed by atoms with Crippen LogP contribution < -0.4 is 0 Å². The zero-order valence-corrected chi connectivity index (χ0v) is 9.60. The molecule has 0 radical (unpaired) electrons. The van der Waals surface area contributed by atoms with Crippen molar-refractivity contribution >= 4 is 39.8 Å². The molecule has 0 atom stereocenters. The minimum atomic E-state index is 0.807. The van der Waals surface area contributed by atoms with Crippen molar-refractivity contribution in [3.63, 3.8) is 0 Å². The first-order valence-electron chi connectivity index (χ1n) is 3.83. The van der Waals surface area contributed by atoms with Crippen LogP contribution in [0.1, 0.15) is 12.6 Å². The molecule has 0 aromatic carbocycles. The van der Waals surface area contributed by atoms with Gasteiger partial charge in [-0.2, -0.15) is 0 Å². The first kappa shape index (κ1) is 10.8. The summed E-state index contributed by atoms with van der Waals surface area (Å²) in [7, 11) is 0. The van der Waals surface area contributed by atoms with Crippen molar-refractivity contribution < 1.29 is 0 Å². The topological polar surface area (TPSA) is 15.8 Å². The van der Waals surface area contributed by atoms with Crippen molar-refractivity contribution in [2.24, 2.45) is 0 Å². The molecule has 0 aliphatic rings. The van der Waals surface area contributed by atoms with Crippen LogP contribution in [0, 0.1) is 0 Å². The monoisotopic (exact) mass is 231 g/mol. The summed E-state index contributed by atoms with van der Waals surface area (Å²) in [6.07, 6.45) is 3.81. The van der Waals surface area contributed by atoms with Gasteiger partial charge in [-0.3, -0.25) is 0 Å². The molecule has 70 valence electrons. The molecular formula is C9H10ClNS2. The van der Waals surface area contributed by atoms with Crippen LogP contribution in [0.4, 0.5) is 0 Å².